The Balaban J connectivity index is 1.93. The number of nitrogens with one attached hydrogen (secondary N) is 2. The maximum atomic E-state index is 11.3. The molecule has 2 amide bonds. The average molecular weight is 257 g/mol. The van der Waals surface area contributed by atoms with Crippen LogP contribution in [0, 0.1) is 5.92 Å². The quantitative estimate of drug-likeness (QED) is 0.591. The highest BCUT2D eigenvalue weighted by atomic mass is 16.3. The summed E-state index contributed by atoms with van der Waals surface area (Å²) in [5.41, 5.74) is 0. The Morgan fingerprint density at radius 3 is 2.44 bits per heavy atom. The Hall–Kier alpha value is -0.810. The third-order valence-corrected chi connectivity index (χ3v) is 3.43. The van der Waals surface area contributed by atoms with E-state index in [0.717, 1.165) is 25.4 Å². The molecule has 1 heterocycles. The fraction of sp³-hybridized carbons (Fsp3) is 0.923. The molecule has 0 saturated carbocycles. The molecule has 0 radical (unpaired) electrons. The molecule has 5 heteroatoms. The molecular formula is C13H27N3O2. The van der Waals surface area contributed by atoms with Gasteiger partial charge in [0.15, 0.2) is 0 Å². The fourth-order valence-electron chi connectivity index (χ4n) is 2.13. The van der Waals surface area contributed by atoms with Crippen molar-refractivity contribution >= 4 is 6.03 Å². The summed E-state index contributed by atoms with van der Waals surface area (Å²) in [4.78, 5) is 13.8. The maximum Gasteiger partial charge on any atom is 0.314 e. The molecule has 0 atom stereocenters. The van der Waals surface area contributed by atoms with Crippen molar-refractivity contribution in [2.24, 2.45) is 5.92 Å². The van der Waals surface area contributed by atoms with E-state index in [1.165, 1.54) is 25.9 Å². The Morgan fingerprint density at radius 1 is 1.22 bits per heavy atom. The summed E-state index contributed by atoms with van der Waals surface area (Å²) in [6.45, 7) is 7.16. The minimum atomic E-state index is -0.129. The molecule has 0 aromatic rings. The maximum absolute atomic E-state index is 11.3. The molecule has 0 aromatic heterocycles. The lowest BCUT2D eigenvalue weighted by Crippen LogP contribution is -2.39. The molecule has 18 heavy (non-hydrogen) atoms. The summed E-state index contributed by atoms with van der Waals surface area (Å²) >= 11 is 0. The lowest BCUT2D eigenvalue weighted by Gasteiger charge is -2.30. The predicted octanol–water partition coefficient (Wildman–Crippen LogP) is 0.790. The van der Waals surface area contributed by atoms with E-state index in [-0.39, 0.29) is 12.6 Å². The summed E-state index contributed by atoms with van der Waals surface area (Å²) in [5, 5.41) is 14.1. The Morgan fingerprint density at radius 2 is 1.83 bits per heavy atom. The number of amides is 2. The summed E-state index contributed by atoms with van der Waals surface area (Å²) in [6.07, 6.45) is 4.21. The second-order valence-electron chi connectivity index (χ2n) is 5.14. The van der Waals surface area contributed by atoms with Gasteiger partial charge >= 0.3 is 6.03 Å². The minimum absolute atomic E-state index is 0.119. The molecule has 0 aliphatic carbocycles. The van der Waals surface area contributed by atoms with Crippen LogP contribution in [0.1, 0.15) is 32.6 Å². The van der Waals surface area contributed by atoms with Gasteiger partial charge in [-0.2, -0.15) is 0 Å². The normalized spacial score (nSPS) is 17.7. The van der Waals surface area contributed by atoms with Crippen LogP contribution >= 0.6 is 0 Å². The van der Waals surface area contributed by atoms with Crippen molar-refractivity contribution in [1.82, 2.24) is 15.5 Å². The lowest BCUT2D eigenvalue weighted by molar-refractivity contribution is 0.190. The number of aliphatic hydroxyl groups is 1. The number of nitrogens with zero attached hydrogens (tertiary/aromatic N) is 1. The zero-order valence-corrected chi connectivity index (χ0v) is 11.5. The van der Waals surface area contributed by atoms with Crippen molar-refractivity contribution in [1.29, 1.82) is 0 Å². The Bertz CT molecular complexity index is 228. The number of urea groups is 1. The van der Waals surface area contributed by atoms with E-state index in [2.05, 4.69) is 22.5 Å². The number of rotatable bonds is 7. The number of carbonyl (C=O) groups excluding carboxylic acids is 1. The zero-order valence-electron chi connectivity index (χ0n) is 11.5. The number of hydrogen-bond acceptors (Lipinski definition) is 3. The number of likely N-dealkylation sites (tertiary alicyclic amines) is 1. The standard InChI is InChI=1S/C13H27N3O2/c1-12-4-9-16(10-5-12)8-2-6-14-13(18)15-7-3-11-17/h12,17H,2-11H2,1H3,(H2,14,15,18). The predicted molar refractivity (Wildman–Crippen MR) is 72.6 cm³/mol. The van der Waals surface area contributed by atoms with Gasteiger partial charge in [0.1, 0.15) is 0 Å². The van der Waals surface area contributed by atoms with Gasteiger partial charge in [0.05, 0.1) is 0 Å². The molecule has 5 nitrogen and oxygen atoms in total. The number of carbonyl (C=O) groups is 1. The number of aliphatic hydroxyl groups excluding tert-OH is 1. The molecule has 0 aromatic carbocycles. The first-order valence-electron chi connectivity index (χ1n) is 7.07. The Kier molecular flexibility index (Phi) is 7.76. The lowest BCUT2D eigenvalue weighted by atomic mass is 9.99. The highest BCUT2D eigenvalue weighted by molar-refractivity contribution is 5.73. The van der Waals surface area contributed by atoms with Gasteiger partial charge in [0.25, 0.3) is 0 Å². The van der Waals surface area contributed by atoms with Gasteiger partial charge in [-0.1, -0.05) is 6.92 Å². The van der Waals surface area contributed by atoms with Crippen LogP contribution < -0.4 is 10.6 Å². The van der Waals surface area contributed by atoms with Crippen LogP contribution in [-0.2, 0) is 0 Å². The van der Waals surface area contributed by atoms with Crippen molar-refractivity contribution in [3.63, 3.8) is 0 Å². The van der Waals surface area contributed by atoms with Crippen LogP contribution in [0.2, 0.25) is 0 Å². The summed E-state index contributed by atoms with van der Waals surface area (Å²) in [6, 6.07) is -0.129. The third-order valence-electron chi connectivity index (χ3n) is 3.43. The van der Waals surface area contributed by atoms with Gasteiger partial charge in [-0.25, -0.2) is 4.79 Å². The highest BCUT2D eigenvalue weighted by Crippen LogP contribution is 2.15. The van der Waals surface area contributed by atoms with Gasteiger partial charge in [-0.3, -0.25) is 0 Å². The molecule has 1 fully saturated rings. The first-order valence-corrected chi connectivity index (χ1v) is 7.07. The van der Waals surface area contributed by atoms with E-state index in [1.807, 2.05) is 0 Å². The van der Waals surface area contributed by atoms with E-state index in [4.69, 9.17) is 5.11 Å². The third kappa shape index (κ3) is 6.81. The molecule has 3 N–H and O–H groups in total. The second kappa shape index (κ2) is 9.16. The van der Waals surface area contributed by atoms with Crippen molar-refractivity contribution in [2.75, 3.05) is 39.3 Å². The minimum Gasteiger partial charge on any atom is -0.396 e. The van der Waals surface area contributed by atoms with Crippen LogP contribution in [-0.4, -0.2) is 55.4 Å². The summed E-state index contributed by atoms with van der Waals surface area (Å²) < 4.78 is 0. The van der Waals surface area contributed by atoms with Crippen molar-refractivity contribution in [3.8, 4) is 0 Å². The molecule has 106 valence electrons. The van der Waals surface area contributed by atoms with E-state index in [9.17, 15) is 4.79 Å². The van der Waals surface area contributed by atoms with Gasteiger partial charge < -0.3 is 20.6 Å². The Labute approximate surface area is 110 Å². The molecule has 0 bridgehead atoms. The first kappa shape index (κ1) is 15.2. The van der Waals surface area contributed by atoms with Crippen molar-refractivity contribution < 1.29 is 9.90 Å². The van der Waals surface area contributed by atoms with E-state index in [0.29, 0.717) is 13.0 Å². The second-order valence-corrected chi connectivity index (χ2v) is 5.14. The van der Waals surface area contributed by atoms with Crippen molar-refractivity contribution in [2.45, 2.75) is 32.6 Å². The molecule has 0 spiro atoms. The van der Waals surface area contributed by atoms with Crippen LogP contribution in [0.4, 0.5) is 4.79 Å². The highest BCUT2D eigenvalue weighted by Gasteiger charge is 2.14. The molecule has 1 aliphatic rings. The summed E-state index contributed by atoms with van der Waals surface area (Å²) in [7, 11) is 0. The fourth-order valence-corrected chi connectivity index (χ4v) is 2.13. The van der Waals surface area contributed by atoms with Crippen LogP contribution in [0.25, 0.3) is 0 Å². The van der Waals surface area contributed by atoms with Gasteiger partial charge in [-0.05, 0) is 51.2 Å². The molecular weight excluding hydrogens is 230 g/mol. The van der Waals surface area contributed by atoms with Crippen LogP contribution in [0.5, 0.6) is 0 Å². The van der Waals surface area contributed by atoms with Crippen molar-refractivity contribution in [3.05, 3.63) is 0 Å². The molecule has 1 saturated heterocycles. The summed E-state index contributed by atoms with van der Waals surface area (Å²) in [5.74, 6) is 0.872. The monoisotopic (exact) mass is 257 g/mol. The largest absolute Gasteiger partial charge is 0.396 e. The number of hydrogen-bond donors (Lipinski definition) is 3. The molecule has 1 rings (SSSR count). The topological polar surface area (TPSA) is 64.6 Å². The smallest absolute Gasteiger partial charge is 0.314 e. The molecule has 0 unspecified atom stereocenters. The van der Waals surface area contributed by atoms with E-state index < -0.39 is 0 Å². The van der Waals surface area contributed by atoms with Crippen LogP contribution in [0.15, 0.2) is 0 Å². The van der Waals surface area contributed by atoms with Gasteiger partial charge in [-0.15, -0.1) is 0 Å². The van der Waals surface area contributed by atoms with Gasteiger partial charge in [0, 0.05) is 19.7 Å². The average Bonchev–Trinajstić information content (AvgIpc) is 2.37. The van der Waals surface area contributed by atoms with E-state index in [1.54, 1.807) is 0 Å². The zero-order chi connectivity index (χ0) is 13.2. The first-order chi connectivity index (χ1) is 8.72. The molecule has 1 aliphatic heterocycles. The van der Waals surface area contributed by atoms with Crippen LogP contribution in [0.3, 0.4) is 0 Å². The number of piperidine rings is 1. The van der Waals surface area contributed by atoms with Gasteiger partial charge in [0.2, 0.25) is 0 Å². The van der Waals surface area contributed by atoms with E-state index >= 15 is 0 Å². The SMILES string of the molecule is CC1CCN(CCCNC(=O)NCCCO)CC1.